The van der Waals surface area contributed by atoms with Crippen LogP contribution in [-0.4, -0.2) is 21.7 Å². The van der Waals surface area contributed by atoms with Crippen molar-refractivity contribution in [3.8, 4) is 0 Å². The molecule has 0 unspecified atom stereocenters. The van der Waals surface area contributed by atoms with Crippen LogP contribution >= 0.6 is 0 Å². The molecule has 1 heterocycles. The van der Waals surface area contributed by atoms with E-state index in [2.05, 4.69) is 15.2 Å². The van der Waals surface area contributed by atoms with E-state index < -0.39 is 0 Å². The molecule has 0 radical (unpaired) electrons. The molecule has 0 aromatic carbocycles. The number of aromatic nitrogens is 3. The van der Waals surface area contributed by atoms with Crippen molar-refractivity contribution in [3.63, 3.8) is 0 Å². The van der Waals surface area contributed by atoms with Crippen LogP contribution < -0.4 is 11.4 Å². The zero-order valence-corrected chi connectivity index (χ0v) is 7.68. The van der Waals surface area contributed by atoms with E-state index >= 15 is 0 Å². The average molecular weight is 184 g/mol. The summed E-state index contributed by atoms with van der Waals surface area (Å²) >= 11 is 0. The highest BCUT2D eigenvalue weighted by Crippen LogP contribution is 2.01. The molecule has 0 fully saturated rings. The second-order valence-corrected chi connectivity index (χ2v) is 3.08. The second-order valence-electron chi connectivity index (χ2n) is 3.08. The number of rotatable bonds is 6. The lowest BCUT2D eigenvalue weighted by Crippen LogP contribution is -2.01. The van der Waals surface area contributed by atoms with E-state index in [1.165, 1.54) is 0 Å². The second kappa shape index (κ2) is 5.53. The molecule has 0 amide bonds. The molecule has 0 aliphatic rings. The minimum Gasteiger partial charge on any atom is -0.330 e. The van der Waals surface area contributed by atoms with Crippen molar-refractivity contribution >= 4 is 0 Å². The van der Waals surface area contributed by atoms with Crippen LogP contribution in [0.25, 0.3) is 0 Å². The largest absolute Gasteiger partial charge is 0.340 e. The normalized spacial score (nSPS) is 10.5. The van der Waals surface area contributed by atoms with Crippen LogP contribution in [0, 0.1) is 0 Å². The van der Waals surface area contributed by atoms with Crippen molar-refractivity contribution in [2.45, 2.75) is 32.1 Å². The lowest BCUT2D eigenvalue weighted by atomic mass is 10.1. The number of aryl methyl sites for hydroxylation is 1. The highest BCUT2D eigenvalue weighted by Gasteiger charge is 1.96. The number of nitrogens with zero attached hydrogens (tertiary/aromatic N) is 1. The molecule has 0 bridgehead atoms. The van der Waals surface area contributed by atoms with Gasteiger partial charge in [0, 0.05) is 6.42 Å². The summed E-state index contributed by atoms with van der Waals surface area (Å²) in [6.45, 7) is 0.763. The highest BCUT2D eigenvalue weighted by atomic mass is 16.1. The molecule has 0 saturated heterocycles. The Morgan fingerprint density at radius 1 is 1.23 bits per heavy atom. The lowest BCUT2D eigenvalue weighted by molar-refractivity contribution is 0.636. The third-order valence-corrected chi connectivity index (χ3v) is 1.92. The molecule has 4 N–H and O–H groups in total. The minimum absolute atomic E-state index is 0.225. The summed E-state index contributed by atoms with van der Waals surface area (Å²) in [5, 5.41) is 6.16. The SMILES string of the molecule is NCCCCCCc1n[nH]c(=O)[nH]1. The first kappa shape index (κ1) is 9.98. The third kappa shape index (κ3) is 3.89. The molecule has 0 aliphatic carbocycles. The Morgan fingerprint density at radius 3 is 2.62 bits per heavy atom. The van der Waals surface area contributed by atoms with Crippen LogP contribution in [0.1, 0.15) is 31.5 Å². The quantitative estimate of drug-likeness (QED) is 0.550. The summed E-state index contributed by atoms with van der Waals surface area (Å²) in [6, 6.07) is 0. The number of unbranched alkanes of at least 4 members (excludes halogenated alkanes) is 3. The number of nitrogens with two attached hydrogens (primary N) is 1. The molecule has 0 atom stereocenters. The van der Waals surface area contributed by atoms with Crippen LogP contribution in [0.4, 0.5) is 0 Å². The Kier molecular flexibility index (Phi) is 4.25. The van der Waals surface area contributed by atoms with Gasteiger partial charge in [-0.15, -0.1) is 0 Å². The number of nitrogens with one attached hydrogen (secondary N) is 2. The van der Waals surface area contributed by atoms with Gasteiger partial charge in [0.1, 0.15) is 5.82 Å². The molecular weight excluding hydrogens is 168 g/mol. The zero-order valence-electron chi connectivity index (χ0n) is 7.68. The van der Waals surface area contributed by atoms with Gasteiger partial charge in [0.15, 0.2) is 0 Å². The van der Waals surface area contributed by atoms with Crippen molar-refractivity contribution < 1.29 is 0 Å². The van der Waals surface area contributed by atoms with Gasteiger partial charge < -0.3 is 5.73 Å². The Hall–Kier alpha value is -1.10. The molecule has 74 valence electrons. The van der Waals surface area contributed by atoms with Gasteiger partial charge in [0.2, 0.25) is 0 Å². The van der Waals surface area contributed by atoms with Gasteiger partial charge in [-0.1, -0.05) is 12.8 Å². The van der Waals surface area contributed by atoms with E-state index in [4.69, 9.17) is 5.73 Å². The van der Waals surface area contributed by atoms with E-state index in [1.54, 1.807) is 0 Å². The standard InChI is InChI=1S/C8H16N4O/c9-6-4-2-1-3-5-7-10-8(13)12-11-7/h1-6,9H2,(H2,10,11,12,13). The van der Waals surface area contributed by atoms with E-state index in [0.29, 0.717) is 0 Å². The first-order valence-electron chi connectivity index (χ1n) is 4.66. The van der Waals surface area contributed by atoms with E-state index in [-0.39, 0.29) is 5.69 Å². The van der Waals surface area contributed by atoms with Crippen molar-refractivity contribution in [1.29, 1.82) is 0 Å². The molecule has 1 rings (SSSR count). The maximum atomic E-state index is 10.6. The predicted molar refractivity (Wildman–Crippen MR) is 50.4 cm³/mol. The lowest BCUT2D eigenvalue weighted by Gasteiger charge is -1.96. The van der Waals surface area contributed by atoms with Crippen LogP contribution in [0.2, 0.25) is 0 Å². The highest BCUT2D eigenvalue weighted by molar-refractivity contribution is 4.79. The Bertz CT molecular complexity index is 278. The van der Waals surface area contributed by atoms with Gasteiger partial charge in [0.05, 0.1) is 0 Å². The molecule has 13 heavy (non-hydrogen) atoms. The van der Waals surface area contributed by atoms with Crippen LogP contribution in [0.15, 0.2) is 4.79 Å². The summed E-state index contributed by atoms with van der Waals surface area (Å²) in [5.74, 6) is 0.748. The van der Waals surface area contributed by atoms with Crippen LogP contribution in [0.3, 0.4) is 0 Å². The fraction of sp³-hybridized carbons (Fsp3) is 0.750. The molecule has 1 aromatic rings. The predicted octanol–water partition coefficient (Wildman–Crippen LogP) is 0.160. The summed E-state index contributed by atoms with van der Waals surface area (Å²) in [6.07, 6.45) is 5.28. The number of H-pyrrole nitrogens is 2. The molecule has 5 nitrogen and oxygen atoms in total. The van der Waals surface area contributed by atoms with E-state index in [0.717, 1.165) is 44.5 Å². The molecule has 5 heteroatoms. The van der Waals surface area contributed by atoms with Gasteiger partial charge in [-0.05, 0) is 19.4 Å². The Balaban J connectivity index is 2.09. The topological polar surface area (TPSA) is 87.6 Å². The van der Waals surface area contributed by atoms with Gasteiger partial charge in [-0.25, -0.2) is 9.89 Å². The Morgan fingerprint density at radius 2 is 2.00 bits per heavy atom. The van der Waals surface area contributed by atoms with Crippen LogP contribution in [-0.2, 0) is 6.42 Å². The van der Waals surface area contributed by atoms with Gasteiger partial charge >= 0.3 is 5.69 Å². The van der Waals surface area contributed by atoms with Crippen molar-refractivity contribution in [2.24, 2.45) is 5.73 Å². The monoisotopic (exact) mass is 184 g/mol. The van der Waals surface area contributed by atoms with Gasteiger partial charge in [-0.2, -0.15) is 5.10 Å². The summed E-state index contributed by atoms with van der Waals surface area (Å²) in [4.78, 5) is 13.3. The minimum atomic E-state index is -0.225. The Labute approximate surface area is 76.7 Å². The van der Waals surface area contributed by atoms with Gasteiger partial charge in [0.25, 0.3) is 0 Å². The van der Waals surface area contributed by atoms with Crippen molar-refractivity contribution in [2.75, 3.05) is 6.54 Å². The van der Waals surface area contributed by atoms with E-state index in [1.807, 2.05) is 0 Å². The summed E-state index contributed by atoms with van der Waals surface area (Å²) < 4.78 is 0. The van der Waals surface area contributed by atoms with E-state index in [9.17, 15) is 4.79 Å². The fourth-order valence-electron chi connectivity index (χ4n) is 1.21. The third-order valence-electron chi connectivity index (χ3n) is 1.92. The number of aromatic amines is 2. The molecular formula is C8H16N4O. The molecule has 1 aromatic heterocycles. The number of hydrogen-bond acceptors (Lipinski definition) is 3. The first-order chi connectivity index (χ1) is 6.33. The average Bonchev–Trinajstić information content (AvgIpc) is 2.51. The fourth-order valence-corrected chi connectivity index (χ4v) is 1.21. The summed E-state index contributed by atoms with van der Waals surface area (Å²) in [5.41, 5.74) is 5.14. The zero-order chi connectivity index (χ0) is 9.52. The van der Waals surface area contributed by atoms with Crippen molar-refractivity contribution in [3.05, 3.63) is 16.3 Å². The maximum Gasteiger partial charge on any atom is 0.340 e. The summed E-state index contributed by atoms with van der Waals surface area (Å²) in [7, 11) is 0. The smallest absolute Gasteiger partial charge is 0.330 e. The number of hydrogen-bond donors (Lipinski definition) is 3. The van der Waals surface area contributed by atoms with Crippen LogP contribution in [0.5, 0.6) is 0 Å². The molecule has 0 spiro atoms. The van der Waals surface area contributed by atoms with Gasteiger partial charge in [-0.3, -0.25) is 4.98 Å². The molecule has 0 aliphatic heterocycles. The molecule has 0 saturated carbocycles. The maximum absolute atomic E-state index is 10.6. The van der Waals surface area contributed by atoms with Crippen molar-refractivity contribution in [1.82, 2.24) is 15.2 Å². The first-order valence-corrected chi connectivity index (χ1v) is 4.66.